The molecule has 10 nitrogen and oxygen atoms in total. The van der Waals surface area contributed by atoms with Crippen LogP contribution >= 0.6 is 0 Å². The molecule has 0 radical (unpaired) electrons. The second-order valence-electron chi connectivity index (χ2n) is 6.82. The van der Waals surface area contributed by atoms with Gasteiger partial charge in [-0.05, 0) is 18.2 Å². The van der Waals surface area contributed by atoms with Crippen molar-refractivity contribution in [2.75, 3.05) is 6.54 Å². The maximum Gasteiger partial charge on any atom is 0.305 e. The highest BCUT2D eigenvalue weighted by molar-refractivity contribution is 5.98. The quantitative estimate of drug-likeness (QED) is 0.257. The van der Waals surface area contributed by atoms with E-state index in [9.17, 15) is 14.4 Å². The van der Waals surface area contributed by atoms with Gasteiger partial charge in [-0.15, -0.1) is 0 Å². The molecule has 160 valence electrons. The van der Waals surface area contributed by atoms with Gasteiger partial charge in [-0.25, -0.2) is 4.98 Å². The third-order valence-corrected chi connectivity index (χ3v) is 4.64. The highest BCUT2D eigenvalue weighted by Crippen LogP contribution is 2.26. The number of nitrogens with zero attached hydrogens (tertiary/aromatic N) is 2. The van der Waals surface area contributed by atoms with Crippen molar-refractivity contribution < 1.29 is 24.6 Å². The minimum absolute atomic E-state index is 0.00695. The summed E-state index contributed by atoms with van der Waals surface area (Å²) in [7, 11) is 0. The van der Waals surface area contributed by atoms with E-state index in [1.807, 2.05) is 0 Å². The number of carbonyl (C=O) groups excluding carboxylic acids is 1. The zero-order valence-electron chi connectivity index (χ0n) is 16.5. The predicted octanol–water partition coefficient (Wildman–Crippen LogP) is 1.67. The average molecular weight is 423 g/mol. The SMILES string of the molecule is N=C(N)c1ccc(-c2nc3cc(C(=O)NCCC(=O)O)ccc3n2CCC(=O)O)cc1. The van der Waals surface area contributed by atoms with E-state index in [0.29, 0.717) is 33.5 Å². The van der Waals surface area contributed by atoms with E-state index in [-0.39, 0.29) is 31.8 Å². The molecule has 2 aromatic carbocycles. The number of carboxylic acids is 2. The second kappa shape index (κ2) is 9.08. The summed E-state index contributed by atoms with van der Waals surface area (Å²) in [6.07, 6.45) is -0.292. The Kier molecular flexibility index (Phi) is 6.29. The Balaban J connectivity index is 1.98. The van der Waals surface area contributed by atoms with Crippen LogP contribution in [-0.2, 0) is 16.1 Å². The van der Waals surface area contributed by atoms with Gasteiger partial charge in [0.25, 0.3) is 5.91 Å². The van der Waals surface area contributed by atoms with Crippen molar-refractivity contribution in [3.05, 3.63) is 53.6 Å². The summed E-state index contributed by atoms with van der Waals surface area (Å²) in [5.41, 5.74) is 8.24. The van der Waals surface area contributed by atoms with Crippen molar-refractivity contribution in [1.29, 1.82) is 5.41 Å². The number of nitrogens with two attached hydrogens (primary N) is 1. The number of carboxylic acid groups (broad SMARTS) is 2. The molecule has 0 spiro atoms. The molecule has 0 aliphatic rings. The van der Waals surface area contributed by atoms with Gasteiger partial charge >= 0.3 is 11.9 Å². The van der Waals surface area contributed by atoms with Gasteiger partial charge < -0.3 is 25.8 Å². The van der Waals surface area contributed by atoms with E-state index in [1.165, 1.54) is 0 Å². The number of rotatable bonds is 9. The summed E-state index contributed by atoms with van der Waals surface area (Å²) < 4.78 is 1.76. The molecule has 10 heteroatoms. The van der Waals surface area contributed by atoms with Crippen LogP contribution in [0, 0.1) is 5.41 Å². The molecule has 1 aromatic heterocycles. The highest BCUT2D eigenvalue weighted by Gasteiger charge is 2.16. The van der Waals surface area contributed by atoms with Crippen molar-refractivity contribution in [2.24, 2.45) is 5.73 Å². The molecule has 0 saturated carbocycles. The molecule has 3 aromatic rings. The van der Waals surface area contributed by atoms with Crippen LogP contribution in [0.2, 0.25) is 0 Å². The molecular weight excluding hydrogens is 402 g/mol. The molecule has 0 bridgehead atoms. The number of aryl methyl sites for hydroxylation is 1. The first-order valence-electron chi connectivity index (χ1n) is 9.43. The Morgan fingerprint density at radius 3 is 2.26 bits per heavy atom. The summed E-state index contributed by atoms with van der Waals surface area (Å²) in [6.45, 7) is 0.187. The summed E-state index contributed by atoms with van der Waals surface area (Å²) in [5.74, 6) is -1.92. The molecule has 1 amide bonds. The number of hydrogen-bond donors (Lipinski definition) is 5. The fourth-order valence-corrected chi connectivity index (χ4v) is 3.11. The van der Waals surface area contributed by atoms with Gasteiger partial charge in [-0.1, -0.05) is 24.3 Å². The minimum atomic E-state index is -1.01. The standard InChI is InChI=1S/C21H21N5O5/c22-19(23)12-1-3-13(4-2-12)20-25-15-11-14(21(31)24-9-7-17(27)28)5-6-16(15)26(20)10-8-18(29)30/h1-6,11H,7-10H2,(H3,22,23)(H,24,31)(H,27,28)(H,29,30). The van der Waals surface area contributed by atoms with Crippen LogP contribution in [0.15, 0.2) is 42.5 Å². The maximum atomic E-state index is 12.3. The molecule has 31 heavy (non-hydrogen) atoms. The molecule has 0 unspecified atom stereocenters. The predicted molar refractivity (Wildman–Crippen MR) is 113 cm³/mol. The number of nitrogens with one attached hydrogen (secondary N) is 2. The summed E-state index contributed by atoms with van der Waals surface area (Å²) >= 11 is 0. The number of amides is 1. The molecule has 3 rings (SSSR count). The molecular formula is C21H21N5O5. The number of fused-ring (bicyclic) bond motifs is 1. The van der Waals surface area contributed by atoms with Crippen LogP contribution in [-0.4, -0.2) is 50.0 Å². The molecule has 1 heterocycles. The Morgan fingerprint density at radius 1 is 1.00 bits per heavy atom. The zero-order valence-corrected chi connectivity index (χ0v) is 16.5. The van der Waals surface area contributed by atoms with E-state index in [4.69, 9.17) is 21.4 Å². The van der Waals surface area contributed by atoms with Gasteiger partial charge in [-0.3, -0.25) is 19.8 Å². The van der Waals surface area contributed by atoms with E-state index < -0.39 is 17.8 Å². The van der Waals surface area contributed by atoms with E-state index in [2.05, 4.69) is 10.3 Å². The Hall–Kier alpha value is -4.21. The monoisotopic (exact) mass is 423 g/mol. The summed E-state index contributed by atoms with van der Waals surface area (Å²) in [4.78, 5) is 38.6. The average Bonchev–Trinajstić information content (AvgIpc) is 3.09. The third-order valence-electron chi connectivity index (χ3n) is 4.64. The van der Waals surface area contributed by atoms with Gasteiger partial charge in [0.1, 0.15) is 11.7 Å². The van der Waals surface area contributed by atoms with Crippen LogP contribution in [0.1, 0.15) is 28.8 Å². The highest BCUT2D eigenvalue weighted by atomic mass is 16.4. The largest absolute Gasteiger partial charge is 0.481 e. The molecule has 0 saturated heterocycles. The van der Waals surface area contributed by atoms with Gasteiger partial charge in [0, 0.05) is 29.8 Å². The fourth-order valence-electron chi connectivity index (χ4n) is 3.11. The van der Waals surface area contributed by atoms with Gasteiger partial charge in [0.05, 0.1) is 23.9 Å². The molecule has 0 aliphatic heterocycles. The van der Waals surface area contributed by atoms with Crippen LogP contribution in [0.25, 0.3) is 22.4 Å². The minimum Gasteiger partial charge on any atom is -0.481 e. The third kappa shape index (κ3) is 5.04. The summed E-state index contributed by atoms with van der Waals surface area (Å²) in [6, 6.07) is 11.7. The zero-order chi connectivity index (χ0) is 22.5. The number of amidine groups is 1. The first kappa shape index (κ1) is 21.5. The van der Waals surface area contributed by atoms with E-state index in [1.54, 1.807) is 47.0 Å². The van der Waals surface area contributed by atoms with Crippen LogP contribution in [0.3, 0.4) is 0 Å². The van der Waals surface area contributed by atoms with E-state index >= 15 is 0 Å². The number of aliphatic carboxylic acids is 2. The fraction of sp³-hybridized carbons (Fsp3) is 0.190. The number of carbonyl (C=O) groups is 3. The lowest BCUT2D eigenvalue weighted by Crippen LogP contribution is -2.25. The second-order valence-corrected chi connectivity index (χ2v) is 6.82. The smallest absolute Gasteiger partial charge is 0.305 e. The van der Waals surface area contributed by atoms with Crippen molar-refractivity contribution in [3.8, 4) is 11.4 Å². The number of benzene rings is 2. The topological polar surface area (TPSA) is 171 Å². The van der Waals surface area contributed by atoms with Crippen molar-refractivity contribution in [3.63, 3.8) is 0 Å². The van der Waals surface area contributed by atoms with Gasteiger partial charge in [0.2, 0.25) is 0 Å². The number of imidazole rings is 1. The maximum absolute atomic E-state index is 12.3. The van der Waals surface area contributed by atoms with Gasteiger partial charge in [-0.2, -0.15) is 0 Å². The van der Waals surface area contributed by atoms with Crippen molar-refractivity contribution in [1.82, 2.24) is 14.9 Å². The Bertz CT molecular complexity index is 1170. The van der Waals surface area contributed by atoms with Crippen LogP contribution in [0.4, 0.5) is 0 Å². The Labute approximate surface area is 176 Å². The van der Waals surface area contributed by atoms with Crippen LogP contribution in [0.5, 0.6) is 0 Å². The lowest BCUT2D eigenvalue weighted by Gasteiger charge is -2.09. The lowest BCUT2D eigenvalue weighted by atomic mass is 10.1. The number of hydrogen-bond acceptors (Lipinski definition) is 5. The normalized spacial score (nSPS) is 10.7. The van der Waals surface area contributed by atoms with Crippen LogP contribution < -0.4 is 11.1 Å². The summed E-state index contributed by atoms with van der Waals surface area (Å²) in [5, 5.41) is 27.9. The van der Waals surface area contributed by atoms with Crippen molar-refractivity contribution >= 4 is 34.7 Å². The molecule has 6 N–H and O–H groups in total. The molecule has 0 atom stereocenters. The Morgan fingerprint density at radius 2 is 1.65 bits per heavy atom. The molecule has 0 fully saturated rings. The number of nitrogen functional groups attached to an aromatic ring is 1. The lowest BCUT2D eigenvalue weighted by molar-refractivity contribution is -0.138. The number of aromatic nitrogens is 2. The van der Waals surface area contributed by atoms with Gasteiger partial charge in [0.15, 0.2) is 0 Å². The first-order valence-corrected chi connectivity index (χ1v) is 9.43. The van der Waals surface area contributed by atoms with Crippen molar-refractivity contribution in [2.45, 2.75) is 19.4 Å². The molecule has 0 aliphatic carbocycles. The van der Waals surface area contributed by atoms with E-state index in [0.717, 1.165) is 0 Å². The first-order chi connectivity index (χ1) is 14.8.